The van der Waals surface area contributed by atoms with Crippen LogP contribution in [0.5, 0.6) is 5.75 Å². The Bertz CT molecular complexity index is 1030. The number of aliphatic hydroxyl groups excluding tert-OH is 1. The van der Waals surface area contributed by atoms with Gasteiger partial charge in [-0.3, -0.25) is 4.79 Å². The van der Waals surface area contributed by atoms with Crippen LogP contribution in [0.2, 0.25) is 0 Å². The standard InChI is InChI=1S/C28H36N2O4/c1-4-33-27(32)13-10-20-8-12-24(17-29)26(15-20)34-19-25(31)18-30-28(2,3)16-21-9-11-22-6-5-7-23(22)14-21/h8-9,11-12,14-15,25,30-31H,4-7,10,13,16,18-19H2,1-3H3. The molecule has 1 aliphatic carbocycles. The summed E-state index contributed by atoms with van der Waals surface area (Å²) in [6.07, 6.45) is 4.51. The van der Waals surface area contributed by atoms with E-state index in [1.165, 1.54) is 36.0 Å². The third-order valence-electron chi connectivity index (χ3n) is 6.15. The van der Waals surface area contributed by atoms with Crippen LogP contribution in [0.3, 0.4) is 0 Å². The number of hydrogen-bond donors (Lipinski definition) is 2. The first kappa shape index (κ1) is 25.7. The first-order valence-corrected chi connectivity index (χ1v) is 12.1. The van der Waals surface area contributed by atoms with Crippen molar-refractivity contribution in [2.45, 2.75) is 70.9 Å². The summed E-state index contributed by atoms with van der Waals surface area (Å²) >= 11 is 0. The molecule has 2 N–H and O–H groups in total. The van der Waals surface area contributed by atoms with E-state index < -0.39 is 6.10 Å². The van der Waals surface area contributed by atoms with Crippen molar-refractivity contribution in [3.63, 3.8) is 0 Å². The molecule has 2 aromatic rings. The van der Waals surface area contributed by atoms with Crippen LogP contribution in [0.15, 0.2) is 36.4 Å². The molecule has 0 bridgehead atoms. The van der Waals surface area contributed by atoms with Crippen molar-refractivity contribution in [3.8, 4) is 11.8 Å². The molecule has 2 aromatic carbocycles. The van der Waals surface area contributed by atoms with E-state index in [1.54, 1.807) is 19.1 Å². The van der Waals surface area contributed by atoms with Crippen molar-refractivity contribution < 1.29 is 19.4 Å². The van der Waals surface area contributed by atoms with Crippen LogP contribution < -0.4 is 10.1 Å². The number of benzene rings is 2. The van der Waals surface area contributed by atoms with Crippen molar-refractivity contribution in [2.24, 2.45) is 0 Å². The van der Waals surface area contributed by atoms with Crippen LogP contribution in [0.1, 0.15) is 61.4 Å². The number of nitrogens with zero attached hydrogens (tertiary/aromatic N) is 1. The number of aliphatic hydroxyl groups is 1. The zero-order chi connectivity index (χ0) is 24.6. The molecule has 0 fully saturated rings. The van der Waals surface area contributed by atoms with E-state index >= 15 is 0 Å². The average Bonchev–Trinajstić information content (AvgIpc) is 3.28. The number of fused-ring (bicyclic) bond motifs is 1. The molecule has 0 spiro atoms. The summed E-state index contributed by atoms with van der Waals surface area (Å²) in [4.78, 5) is 11.6. The average molecular weight is 465 g/mol. The molecule has 3 rings (SSSR count). The molecule has 34 heavy (non-hydrogen) atoms. The molecule has 6 nitrogen and oxygen atoms in total. The smallest absolute Gasteiger partial charge is 0.306 e. The Morgan fingerprint density at radius 1 is 1.18 bits per heavy atom. The lowest BCUT2D eigenvalue weighted by molar-refractivity contribution is -0.143. The maximum atomic E-state index is 11.6. The minimum Gasteiger partial charge on any atom is -0.489 e. The quantitative estimate of drug-likeness (QED) is 0.463. The molecule has 1 unspecified atom stereocenters. The predicted octanol–water partition coefficient (Wildman–Crippen LogP) is 3.89. The lowest BCUT2D eigenvalue weighted by Crippen LogP contribution is -2.46. The zero-order valence-corrected chi connectivity index (χ0v) is 20.5. The Kier molecular flexibility index (Phi) is 9.09. The number of nitriles is 1. The van der Waals surface area contributed by atoms with Crippen LogP contribution in [0.4, 0.5) is 0 Å². The Hall–Kier alpha value is -2.88. The Labute approximate surface area is 202 Å². The predicted molar refractivity (Wildman–Crippen MR) is 132 cm³/mol. The lowest BCUT2D eigenvalue weighted by Gasteiger charge is -2.28. The molecular formula is C28H36N2O4. The van der Waals surface area contributed by atoms with Gasteiger partial charge in [-0.05, 0) is 87.3 Å². The molecule has 182 valence electrons. The summed E-state index contributed by atoms with van der Waals surface area (Å²) in [7, 11) is 0. The molecule has 0 aromatic heterocycles. The number of nitrogens with one attached hydrogen (secondary N) is 1. The monoisotopic (exact) mass is 464 g/mol. The molecule has 0 radical (unpaired) electrons. The highest BCUT2D eigenvalue weighted by atomic mass is 16.5. The van der Waals surface area contributed by atoms with E-state index in [1.807, 2.05) is 6.07 Å². The van der Waals surface area contributed by atoms with Gasteiger partial charge in [-0.25, -0.2) is 0 Å². The molecule has 0 saturated heterocycles. The highest BCUT2D eigenvalue weighted by molar-refractivity contribution is 5.69. The van der Waals surface area contributed by atoms with Gasteiger partial charge >= 0.3 is 5.97 Å². The van der Waals surface area contributed by atoms with Gasteiger partial charge in [0.2, 0.25) is 0 Å². The molecular weight excluding hydrogens is 428 g/mol. The second-order valence-electron chi connectivity index (χ2n) is 9.61. The number of hydrogen-bond acceptors (Lipinski definition) is 6. The van der Waals surface area contributed by atoms with Crippen LogP contribution in [0.25, 0.3) is 0 Å². The van der Waals surface area contributed by atoms with Crippen molar-refractivity contribution in [3.05, 3.63) is 64.2 Å². The number of aryl methyl sites for hydroxylation is 3. The van der Waals surface area contributed by atoms with Gasteiger partial charge in [0.25, 0.3) is 0 Å². The highest BCUT2D eigenvalue weighted by Gasteiger charge is 2.21. The first-order valence-electron chi connectivity index (χ1n) is 12.1. The highest BCUT2D eigenvalue weighted by Crippen LogP contribution is 2.25. The third kappa shape index (κ3) is 7.58. The van der Waals surface area contributed by atoms with Crippen LogP contribution >= 0.6 is 0 Å². The van der Waals surface area contributed by atoms with Gasteiger partial charge in [-0.15, -0.1) is 0 Å². The maximum absolute atomic E-state index is 11.6. The number of carbonyl (C=O) groups is 1. The van der Waals surface area contributed by atoms with E-state index in [9.17, 15) is 15.2 Å². The second-order valence-corrected chi connectivity index (χ2v) is 9.61. The van der Waals surface area contributed by atoms with E-state index in [0.29, 0.717) is 30.9 Å². The molecule has 0 aliphatic heterocycles. The molecule has 1 aliphatic rings. The van der Waals surface area contributed by atoms with E-state index in [2.05, 4.69) is 43.4 Å². The van der Waals surface area contributed by atoms with Crippen molar-refractivity contribution in [1.29, 1.82) is 5.26 Å². The van der Waals surface area contributed by atoms with Crippen molar-refractivity contribution >= 4 is 5.97 Å². The molecule has 0 heterocycles. The fourth-order valence-electron chi connectivity index (χ4n) is 4.36. The van der Waals surface area contributed by atoms with Crippen molar-refractivity contribution in [1.82, 2.24) is 5.32 Å². The summed E-state index contributed by atoms with van der Waals surface area (Å²) in [5.41, 5.74) is 5.35. The molecule has 6 heteroatoms. The summed E-state index contributed by atoms with van der Waals surface area (Å²) in [6, 6.07) is 14.2. The zero-order valence-electron chi connectivity index (χ0n) is 20.5. The lowest BCUT2D eigenvalue weighted by atomic mass is 9.93. The number of β-amino-alcohol motifs (C(OH)–C–C–N with tert-alkyl or cyclic N) is 1. The minimum atomic E-state index is -0.728. The maximum Gasteiger partial charge on any atom is 0.306 e. The van der Waals surface area contributed by atoms with Gasteiger partial charge in [-0.2, -0.15) is 5.26 Å². The molecule has 1 atom stereocenters. The number of rotatable bonds is 12. The fourth-order valence-corrected chi connectivity index (χ4v) is 4.36. The first-order chi connectivity index (χ1) is 16.3. The summed E-state index contributed by atoms with van der Waals surface area (Å²) < 4.78 is 10.8. The summed E-state index contributed by atoms with van der Waals surface area (Å²) in [5, 5.41) is 23.3. The van der Waals surface area contributed by atoms with Gasteiger partial charge < -0.3 is 19.9 Å². The summed E-state index contributed by atoms with van der Waals surface area (Å²) in [5.74, 6) is 0.165. The van der Waals surface area contributed by atoms with Gasteiger partial charge in [0.1, 0.15) is 24.5 Å². The van der Waals surface area contributed by atoms with Crippen LogP contribution in [-0.4, -0.2) is 42.5 Å². The largest absolute Gasteiger partial charge is 0.489 e. The molecule has 0 amide bonds. The van der Waals surface area contributed by atoms with Gasteiger partial charge in [-0.1, -0.05) is 24.3 Å². The Morgan fingerprint density at radius 2 is 1.94 bits per heavy atom. The van der Waals surface area contributed by atoms with Gasteiger partial charge in [0.15, 0.2) is 0 Å². The number of carbonyl (C=O) groups excluding carboxylic acids is 1. The van der Waals surface area contributed by atoms with E-state index in [0.717, 1.165) is 12.0 Å². The molecule has 0 saturated carbocycles. The van der Waals surface area contributed by atoms with Gasteiger partial charge in [0, 0.05) is 18.5 Å². The fraction of sp³-hybridized carbons (Fsp3) is 0.500. The second kappa shape index (κ2) is 12.0. The number of ether oxygens (including phenoxy) is 2. The minimum absolute atomic E-state index is 0.0674. The Morgan fingerprint density at radius 3 is 2.71 bits per heavy atom. The Balaban J connectivity index is 1.49. The SMILES string of the molecule is CCOC(=O)CCc1ccc(C#N)c(OCC(O)CNC(C)(C)Cc2ccc3c(c2)CCC3)c1. The summed E-state index contributed by atoms with van der Waals surface area (Å²) in [6.45, 7) is 6.85. The van der Waals surface area contributed by atoms with Crippen molar-refractivity contribution in [2.75, 3.05) is 19.8 Å². The topological polar surface area (TPSA) is 91.6 Å². The van der Waals surface area contributed by atoms with E-state index in [4.69, 9.17) is 9.47 Å². The van der Waals surface area contributed by atoms with Gasteiger partial charge in [0.05, 0.1) is 12.2 Å². The van der Waals surface area contributed by atoms with E-state index in [-0.39, 0.29) is 24.5 Å². The van der Waals surface area contributed by atoms with Crippen LogP contribution in [-0.2, 0) is 35.2 Å². The third-order valence-corrected chi connectivity index (χ3v) is 6.15. The van der Waals surface area contributed by atoms with Crippen LogP contribution in [0, 0.1) is 11.3 Å². The number of esters is 1. The normalized spacial score (nSPS) is 13.7.